The Morgan fingerprint density at radius 1 is 1.24 bits per heavy atom. The molecule has 1 fully saturated rings. The van der Waals surface area contributed by atoms with E-state index in [-0.39, 0.29) is 12.5 Å². The molecule has 6 nitrogen and oxygen atoms in total. The number of nitrogens with one attached hydrogen (secondary N) is 1. The van der Waals surface area contributed by atoms with Crippen molar-refractivity contribution in [3.05, 3.63) is 17.0 Å². The monoisotopic (exact) mass is 293 g/mol. The lowest BCUT2D eigenvalue weighted by Gasteiger charge is -2.24. The van der Waals surface area contributed by atoms with Crippen LogP contribution in [-0.4, -0.2) is 56.5 Å². The molecule has 0 saturated carbocycles. The molecule has 116 valence electrons. The molecule has 0 aromatic carbocycles. The first-order valence-electron chi connectivity index (χ1n) is 7.82. The lowest BCUT2D eigenvalue weighted by Crippen LogP contribution is -2.37. The van der Waals surface area contributed by atoms with Gasteiger partial charge < -0.3 is 15.1 Å². The second kappa shape index (κ2) is 5.77. The van der Waals surface area contributed by atoms with Crippen LogP contribution in [-0.2, 0) is 12.8 Å². The van der Waals surface area contributed by atoms with Gasteiger partial charge in [-0.1, -0.05) is 0 Å². The molecule has 1 aromatic rings. The number of carbonyl (C=O) groups excluding carboxylic acids is 1. The number of aliphatic hydroxyl groups excluding tert-OH is 1. The molecule has 0 unspecified atom stereocenters. The number of aryl methyl sites for hydroxylation is 1. The van der Waals surface area contributed by atoms with E-state index in [4.69, 9.17) is 0 Å². The number of hydrogen-bond acceptors (Lipinski definition) is 4. The average molecular weight is 293 g/mol. The zero-order valence-electron chi connectivity index (χ0n) is 12.3. The van der Waals surface area contributed by atoms with Gasteiger partial charge in [0, 0.05) is 24.3 Å². The highest BCUT2D eigenvalue weighted by atomic mass is 16.3. The van der Waals surface area contributed by atoms with Gasteiger partial charge in [0.15, 0.2) is 5.69 Å². The van der Waals surface area contributed by atoms with Gasteiger partial charge in [0.25, 0.3) is 5.91 Å². The highest BCUT2D eigenvalue weighted by molar-refractivity contribution is 5.94. The Labute approximate surface area is 124 Å². The highest BCUT2D eigenvalue weighted by Gasteiger charge is 2.32. The third-order valence-corrected chi connectivity index (χ3v) is 4.76. The van der Waals surface area contributed by atoms with E-state index >= 15 is 0 Å². The van der Waals surface area contributed by atoms with Crippen LogP contribution in [0.3, 0.4) is 0 Å². The van der Waals surface area contributed by atoms with Crippen LogP contribution in [0.15, 0.2) is 0 Å². The summed E-state index contributed by atoms with van der Waals surface area (Å²) in [7, 11) is 0. The fraction of sp³-hybridized carbons (Fsp3) is 0.733. The standard InChI is InChI=1S/C15H23N3O3/c19-10-15(21)6-3-8-18(9-7-15)14(20)13-11-4-1-2-5-12(11)16-17-13/h19,21H,1-10H2,(H,16,17)/t15-/m0/s1. The maximum atomic E-state index is 12.7. The topological polar surface area (TPSA) is 89.5 Å². The third kappa shape index (κ3) is 2.82. The quantitative estimate of drug-likeness (QED) is 0.746. The number of aromatic amines is 1. The van der Waals surface area contributed by atoms with Crippen LogP contribution in [0.2, 0.25) is 0 Å². The second-order valence-electron chi connectivity index (χ2n) is 6.26. The van der Waals surface area contributed by atoms with Gasteiger partial charge >= 0.3 is 0 Å². The molecule has 1 saturated heterocycles. The SMILES string of the molecule is O=C(c1n[nH]c2c1CCCC2)N1CCC[C@@](O)(CO)CC1. The molecule has 1 aliphatic heterocycles. The van der Waals surface area contributed by atoms with E-state index < -0.39 is 5.60 Å². The Bertz CT molecular complexity index is 528. The molecule has 1 aromatic heterocycles. The minimum atomic E-state index is -1.04. The van der Waals surface area contributed by atoms with Crippen molar-refractivity contribution in [1.29, 1.82) is 0 Å². The van der Waals surface area contributed by atoms with E-state index in [1.54, 1.807) is 4.90 Å². The van der Waals surface area contributed by atoms with Crippen molar-refractivity contribution in [2.45, 2.75) is 50.5 Å². The Hall–Kier alpha value is -1.40. The Morgan fingerprint density at radius 3 is 2.86 bits per heavy atom. The van der Waals surface area contributed by atoms with Crippen molar-refractivity contribution in [3.63, 3.8) is 0 Å². The van der Waals surface area contributed by atoms with E-state index in [2.05, 4.69) is 10.2 Å². The van der Waals surface area contributed by atoms with Gasteiger partial charge in [0.05, 0.1) is 12.2 Å². The lowest BCUT2D eigenvalue weighted by atomic mass is 9.95. The smallest absolute Gasteiger partial charge is 0.274 e. The first-order chi connectivity index (χ1) is 10.1. The summed E-state index contributed by atoms with van der Waals surface area (Å²) in [5.41, 5.74) is 1.69. The summed E-state index contributed by atoms with van der Waals surface area (Å²) in [5.74, 6) is -0.0448. The summed E-state index contributed by atoms with van der Waals surface area (Å²) in [6.07, 6.45) is 5.80. The Balaban J connectivity index is 1.75. The van der Waals surface area contributed by atoms with E-state index in [0.717, 1.165) is 36.9 Å². The van der Waals surface area contributed by atoms with E-state index in [0.29, 0.717) is 38.0 Å². The number of nitrogens with zero attached hydrogens (tertiary/aromatic N) is 2. The number of fused-ring (bicyclic) bond motifs is 1. The highest BCUT2D eigenvalue weighted by Crippen LogP contribution is 2.26. The molecule has 1 aliphatic carbocycles. The predicted molar refractivity (Wildman–Crippen MR) is 77.0 cm³/mol. The molecule has 1 atom stereocenters. The zero-order valence-corrected chi connectivity index (χ0v) is 12.3. The van der Waals surface area contributed by atoms with Gasteiger partial charge in [-0.2, -0.15) is 5.10 Å². The van der Waals surface area contributed by atoms with Crippen molar-refractivity contribution in [2.24, 2.45) is 0 Å². The van der Waals surface area contributed by atoms with Gasteiger partial charge in [-0.3, -0.25) is 9.89 Å². The van der Waals surface area contributed by atoms with E-state index in [1.807, 2.05) is 0 Å². The number of aromatic nitrogens is 2. The Morgan fingerprint density at radius 2 is 2.05 bits per heavy atom. The minimum absolute atomic E-state index is 0.0448. The zero-order chi connectivity index (χ0) is 14.9. The molecule has 0 bridgehead atoms. The fourth-order valence-electron chi connectivity index (χ4n) is 3.35. The molecule has 1 amide bonds. The summed E-state index contributed by atoms with van der Waals surface area (Å²) in [4.78, 5) is 14.4. The third-order valence-electron chi connectivity index (χ3n) is 4.76. The predicted octanol–water partition coefficient (Wildman–Crippen LogP) is 0.638. The maximum Gasteiger partial charge on any atom is 0.274 e. The second-order valence-corrected chi connectivity index (χ2v) is 6.26. The molecule has 2 heterocycles. The molecule has 6 heteroatoms. The first kappa shape index (κ1) is 14.5. The Kier molecular flexibility index (Phi) is 3.99. The van der Waals surface area contributed by atoms with Crippen LogP contribution < -0.4 is 0 Å². The molecule has 3 rings (SSSR count). The van der Waals surface area contributed by atoms with Crippen molar-refractivity contribution >= 4 is 5.91 Å². The van der Waals surface area contributed by atoms with Crippen LogP contribution in [0.4, 0.5) is 0 Å². The molecular formula is C15H23N3O3. The lowest BCUT2D eigenvalue weighted by molar-refractivity contribution is -0.0250. The molecule has 0 radical (unpaired) electrons. The minimum Gasteiger partial charge on any atom is -0.393 e. The van der Waals surface area contributed by atoms with Crippen molar-refractivity contribution < 1.29 is 15.0 Å². The van der Waals surface area contributed by atoms with Crippen LogP contribution in [0.25, 0.3) is 0 Å². The van der Waals surface area contributed by atoms with Crippen LogP contribution >= 0.6 is 0 Å². The number of rotatable bonds is 2. The molecule has 0 spiro atoms. The maximum absolute atomic E-state index is 12.7. The summed E-state index contributed by atoms with van der Waals surface area (Å²) in [6, 6.07) is 0. The van der Waals surface area contributed by atoms with Crippen LogP contribution in [0, 0.1) is 0 Å². The van der Waals surface area contributed by atoms with Crippen molar-refractivity contribution in [1.82, 2.24) is 15.1 Å². The fourth-order valence-corrected chi connectivity index (χ4v) is 3.35. The molecule has 2 aliphatic rings. The van der Waals surface area contributed by atoms with Gasteiger partial charge in [-0.25, -0.2) is 0 Å². The number of likely N-dealkylation sites (tertiary alicyclic amines) is 1. The summed E-state index contributed by atoms with van der Waals surface area (Å²) in [5, 5.41) is 26.7. The summed E-state index contributed by atoms with van der Waals surface area (Å²) < 4.78 is 0. The van der Waals surface area contributed by atoms with Crippen LogP contribution in [0.1, 0.15) is 53.8 Å². The normalized spacial score (nSPS) is 26.3. The molecule has 3 N–H and O–H groups in total. The number of aliphatic hydroxyl groups is 2. The number of amides is 1. The van der Waals surface area contributed by atoms with Gasteiger partial charge in [0.2, 0.25) is 0 Å². The number of hydrogen-bond donors (Lipinski definition) is 3. The van der Waals surface area contributed by atoms with Crippen molar-refractivity contribution in [3.8, 4) is 0 Å². The van der Waals surface area contributed by atoms with E-state index in [1.165, 1.54) is 0 Å². The number of carbonyl (C=O) groups is 1. The van der Waals surface area contributed by atoms with Gasteiger partial charge in [0.1, 0.15) is 0 Å². The summed E-state index contributed by atoms with van der Waals surface area (Å²) >= 11 is 0. The summed E-state index contributed by atoms with van der Waals surface area (Å²) in [6.45, 7) is 0.840. The van der Waals surface area contributed by atoms with Crippen molar-refractivity contribution in [2.75, 3.05) is 19.7 Å². The first-order valence-corrected chi connectivity index (χ1v) is 7.82. The van der Waals surface area contributed by atoms with Crippen LogP contribution in [0.5, 0.6) is 0 Å². The van der Waals surface area contributed by atoms with E-state index in [9.17, 15) is 15.0 Å². The largest absolute Gasteiger partial charge is 0.393 e. The molecular weight excluding hydrogens is 270 g/mol. The number of H-pyrrole nitrogens is 1. The van der Waals surface area contributed by atoms with Gasteiger partial charge in [-0.15, -0.1) is 0 Å². The molecule has 21 heavy (non-hydrogen) atoms. The van der Waals surface area contributed by atoms with Gasteiger partial charge in [-0.05, 0) is 44.9 Å². The average Bonchev–Trinajstić information content (AvgIpc) is 2.83.